The van der Waals surface area contributed by atoms with Crippen molar-refractivity contribution in [1.29, 1.82) is 0 Å². The van der Waals surface area contributed by atoms with Gasteiger partial charge in [0.1, 0.15) is 0 Å². The van der Waals surface area contributed by atoms with Gasteiger partial charge in [0, 0.05) is 17.8 Å². The molecule has 0 spiro atoms. The van der Waals surface area contributed by atoms with E-state index in [0.717, 1.165) is 17.7 Å². The molecule has 0 atom stereocenters. The van der Waals surface area contributed by atoms with Crippen LogP contribution < -0.4 is 9.62 Å². The van der Waals surface area contributed by atoms with Crippen LogP contribution in [0, 0.1) is 0 Å². The minimum atomic E-state index is -3.32. The SMILES string of the molecule is CCc1ccc(NC(=O)c2ccc3c(c2)N(S(C)(=O)=O)CC3)cc1. The molecule has 0 bridgehead atoms. The third kappa shape index (κ3) is 3.28. The van der Waals surface area contributed by atoms with E-state index >= 15 is 0 Å². The van der Waals surface area contributed by atoms with Crippen LogP contribution >= 0.6 is 0 Å². The summed E-state index contributed by atoms with van der Waals surface area (Å²) in [5.74, 6) is -0.248. The van der Waals surface area contributed by atoms with Crippen molar-refractivity contribution in [2.75, 3.05) is 22.4 Å². The first kappa shape index (κ1) is 16.5. The smallest absolute Gasteiger partial charge is 0.255 e. The third-order valence-corrected chi connectivity index (χ3v) is 5.40. The molecular weight excluding hydrogens is 324 g/mol. The van der Waals surface area contributed by atoms with Crippen LogP contribution in [0.5, 0.6) is 0 Å². The molecule has 0 saturated carbocycles. The summed E-state index contributed by atoms with van der Waals surface area (Å²) < 4.78 is 25.1. The fourth-order valence-electron chi connectivity index (χ4n) is 2.86. The van der Waals surface area contributed by atoms with Crippen LogP contribution in [0.15, 0.2) is 42.5 Å². The van der Waals surface area contributed by atoms with Gasteiger partial charge in [-0.3, -0.25) is 9.10 Å². The van der Waals surface area contributed by atoms with E-state index in [9.17, 15) is 13.2 Å². The lowest BCUT2D eigenvalue weighted by Gasteiger charge is -2.17. The van der Waals surface area contributed by atoms with Gasteiger partial charge < -0.3 is 5.32 Å². The van der Waals surface area contributed by atoms with Crippen LogP contribution in [0.4, 0.5) is 11.4 Å². The van der Waals surface area contributed by atoms with Gasteiger partial charge in [0.25, 0.3) is 5.91 Å². The molecule has 6 heteroatoms. The molecule has 0 saturated heterocycles. The highest BCUT2D eigenvalue weighted by Gasteiger charge is 2.26. The molecule has 0 aromatic heterocycles. The lowest BCUT2D eigenvalue weighted by molar-refractivity contribution is 0.102. The van der Waals surface area contributed by atoms with E-state index in [-0.39, 0.29) is 5.91 Å². The summed E-state index contributed by atoms with van der Waals surface area (Å²) in [5.41, 5.74) is 3.92. The van der Waals surface area contributed by atoms with Gasteiger partial charge in [0.05, 0.1) is 11.9 Å². The summed E-state index contributed by atoms with van der Waals surface area (Å²) in [6, 6.07) is 12.9. The number of hydrogen-bond donors (Lipinski definition) is 1. The number of rotatable bonds is 4. The van der Waals surface area contributed by atoms with Gasteiger partial charge in [-0.05, 0) is 48.2 Å². The molecule has 1 aliphatic heterocycles. The van der Waals surface area contributed by atoms with E-state index in [4.69, 9.17) is 0 Å². The van der Waals surface area contributed by atoms with Gasteiger partial charge in [-0.15, -0.1) is 0 Å². The van der Waals surface area contributed by atoms with Crippen LogP contribution in [-0.2, 0) is 22.9 Å². The fourth-order valence-corrected chi connectivity index (χ4v) is 3.81. The Labute approximate surface area is 142 Å². The molecule has 0 aliphatic carbocycles. The van der Waals surface area contributed by atoms with Crippen molar-refractivity contribution in [3.8, 4) is 0 Å². The lowest BCUT2D eigenvalue weighted by atomic mass is 10.1. The van der Waals surface area contributed by atoms with Crippen LogP contribution in [0.3, 0.4) is 0 Å². The van der Waals surface area contributed by atoms with Gasteiger partial charge in [-0.1, -0.05) is 25.1 Å². The molecule has 1 heterocycles. The van der Waals surface area contributed by atoms with Crippen molar-refractivity contribution in [3.63, 3.8) is 0 Å². The summed E-state index contributed by atoms with van der Waals surface area (Å²) in [4.78, 5) is 12.4. The summed E-state index contributed by atoms with van der Waals surface area (Å²) >= 11 is 0. The van der Waals surface area contributed by atoms with E-state index in [1.165, 1.54) is 16.1 Å². The predicted molar refractivity (Wildman–Crippen MR) is 96.1 cm³/mol. The lowest BCUT2D eigenvalue weighted by Crippen LogP contribution is -2.27. The minimum Gasteiger partial charge on any atom is -0.322 e. The van der Waals surface area contributed by atoms with Crippen LogP contribution in [0.1, 0.15) is 28.4 Å². The molecular formula is C18H20N2O3S. The van der Waals surface area contributed by atoms with Crippen molar-refractivity contribution < 1.29 is 13.2 Å². The van der Waals surface area contributed by atoms with Crippen molar-refractivity contribution in [2.24, 2.45) is 0 Å². The maximum atomic E-state index is 12.4. The van der Waals surface area contributed by atoms with Crippen LogP contribution in [-0.4, -0.2) is 27.1 Å². The number of fused-ring (bicyclic) bond motifs is 1. The van der Waals surface area contributed by atoms with E-state index in [2.05, 4.69) is 12.2 Å². The Kier molecular flexibility index (Phi) is 4.32. The normalized spacial score (nSPS) is 13.7. The number of nitrogens with zero attached hydrogens (tertiary/aromatic N) is 1. The van der Waals surface area contributed by atoms with Gasteiger partial charge in [0.15, 0.2) is 0 Å². The number of aryl methyl sites for hydroxylation is 1. The Morgan fingerprint density at radius 2 is 1.88 bits per heavy atom. The van der Waals surface area contributed by atoms with Gasteiger partial charge in [-0.25, -0.2) is 8.42 Å². The van der Waals surface area contributed by atoms with Gasteiger partial charge in [-0.2, -0.15) is 0 Å². The third-order valence-electron chi connectivity index (χ3n) is 4.22. The average Bonchev–Trinajstić information content (AvgIpc) is 2.98. The van der Waals surface area contributed by atoms with E-state index in [0.29, 0.717) is 24.2 Å². The second-order valence-corrected chi connectivity index (χ2v) is 7.84. The molecule has 0 fully saturated rings. The Bertz CT molecular complexity index is 874. The molecule has 1 amide bonds. The summed E-state index contributed by atoms with van der Waals surface area (Å²) in [7, 11) is -3.32. The van der Waals surface area contributed by atoms with Crippen molar-refractivity contribution in [1.82, 2.24) is 0 Å². The van der Waals surface area contributed by atoms with Crippen molar-refractivity contribution in [3.05, 3.63) is 59.2 Å². The monoisotopic (exact) mass is 344 g/mol. The second-order valence-electron chi connectivity index (χ2n) is 5.93. The Balaban J connectivity index is 1.83. The zero-order valence-electron chi connectivity index (χ0n) is 13.7. The van der Waals surface area contributed by atoms with Gasteiger partial charge >= 0.3 is 0 Å². The molecule has 0 unspecified atom stereocenters. The zero-order valence-corrected chi connectivity index (χ0v) is 14.6. The molecule has 2 aromatic carbocycles. The summed E-state index contributed by atoms with van der Waals surface area (Å²) in [6.45, 7) is 2.50. The van der Waals surface area contributed by atoms with Gasteiger partial charge in [0.2, 0.25) is 10.0 Å². The Morgan fingerprint density at radius 3 is 2.50 bits per heavy atom. The van der Waals surface area contributed by atoms with E-state index in [1.54, 1.807) is 12.1 Å². The zero-order chi connectivity index (χ0) is 17.3. The number of anilines is 2. The fraction of sp³-hybridized carbons (Fsp3) is 0.278. The maximum Gasteiger partial charge on any atom is 0.255 e. The highest BCUT2D eigenvalue weighted by Crippen LogP contribution is 2.31. The number of amides is 1. The molecule has 0 radical (unpaired) electrons. The van der Waals surface area contributed by atoms with Crippen molar-refractivity contribution in [2.45, 2.75) is 19.8 Å². The topological polar surface area (TPSA) is 66.5 Å². The first-order chi connectivity index (χ1) is 11.4. The highest BCUT2D eigenvalue weighted by atomic mass is 32.2. The van der Waals surface area contributed by atoms with Crippen LogP contribution in [0.25, 0.3) is 0 Å². The molecule has 24 heavy (non-hydrogen) atoms. The maximum absolute atomic E-state index is 12.4. The van der Waals surface area contributed by atoms with E-state index in [1.807, 2.05) is 30.3 Å². The number of carbonyl (C=O) groups is 1. The minimum absolute atomic E-state index is 0.248. The molecule has 1 aliphatic rings. The molecule has 126 valence electrons. The van der Waals surface area contributed by atoms with Crippen molar-refractivity contribution >= 4 is 27.3 Å². The largest absolute Gasteiger partial charge is 0.322 e. The first-order valence-corrected chi connectivity index (χ1v) is 9.74. The number of hydrogen-bond acceptors (Lipinski definition) is 3. The number of carbonyl (C=O) groups excluding carboxylic acids is 1. The molecule has 5 nitrogen and oxygen atoms in total. The predicted octanol–water partition coefficient (Wildman–Crippen LogP) is 2.82. The highest BCUT2D eigenvalue weighted by molar-refractivity contribution is 7.92. The number of nitrogens with one attached hydrogen (secondary N) is 1. The van der Waals surface area contributed by atoms with E-state index < -0.39 is 10.0 Å². The summed E-state index contributed by atoms with van der Waals surface area (Å²) in [6.07, 6.45) is 2.80. The number of benzene rings is 2. The Hall–Kier alpha value is -2.34. The molecule has 2 aromatic rings. The summed E-state index contributed by atoms with van der Waals surface area (Å²) in [5, 5.41) is 2.85. The molecule has 3 rings (SSSR count). The Morgan fingerprint density at radius 1 is 1.17 bits per heavy atom. The average molecular weight is 344 g/mol. The second kappa shape index (κ2) is 6.28. The van der Waals surface area contributed by atoms with Crippen LogP contribution in [0.2, 0.25) is 0 Å². The number of sulfonamides is 1. The first-order valence-electron chi connectivity index (χ1n) is 7.89. The standard InChI is InChI=1S/C18H20N2O3S/c1-3-13-4-8-16(9-5-13)19-18(21)15-7-6-14-10-11-20(17(14)12-15)24(2,22)23/h4-9,12H,3,10-11H2,1-2H3,(H,19,21). The quantitative estimate of drug-likeness (QED) is 0.927. The molecule has 1 N–H and O–H groups in total.